The molecule has 1 fully saturated rings. The molecule has 1 aromatic carbocycles. The van der Waals surface area contributed by atoms with Gasteiger partial charge in [0.2, 0.25) is 5.91 Å². The van der Waals surface area contributed by atoms with E-state index in [1.807, 2.05) is 11.9 Å². The summed E-state index contributed by atoms with van der Waals surface area (Å²) in [5, 5.41) is 5.99. The number of nitrogens with zero attached hydrogens (tertiary/aromatic N) is 1. The lowest BCUT2D eigenvalue weighted by Crippen LogP contribution is -2.57. The molecule has 6 heteroatoms. The van der Waals surface area contributed by atoms with Gasteiger partial charge in [-0.3, -0.25) is 14.5 Å². The SMILES string of the molecule is CC(=O)c1cccc(NC(=O)CN(C)C2CNC2)c1.Cl. The van der Waals surface area contributed by atoms with Crippen LogP contribution in [0.1, 0.15) is 17.3 Å². The first-order valence-electron chi connectivity index (χ1n) is 6.38. The number of Topliss-reactive ketones (excluding diaryl/α,β-unsaturated/α-hetero) is 1. The zero-order chi connectivity index (χ0) is 13.8. The topological polar surface area (TPSA) is 61.4 Å². The third-order valence-electron chi connectivity index (χ3n) is 3.33. The third-order valence-corrected chi connectivity index (χ3v) is 3.33. The van der Waals surface area contributed by atoms with Crippen molar-refractivity contribution in [3.8, 4) is 0 Å². The van der Waals surface area contributed by atoms with Gasteiger partial charge in [0.05, 0.1) is 6.54 Å². The Hall–Kier alpha value is -1.43. The molecule has 1 aromatic rings. The lowest BCUT2D eigenvalue weighted by Gasteiger charge is -2.35. The summed E-state index contributed by atoms with van der Waals surface area (Å²) in [6, 6.07) is 7.44. The first-order chi connectivity index (χ1) is 9.06. The highest BCUT2D eigenvalue weighted by Crippen LogP contribution is 2.11. The molecule has 0 saturated carbocycles. The summed E-state index contributed by atoms with van der Waals surface area (Å²) in [6.45, 7) is 3.74. The predicted molar refractivity (Wildman–Crippen MR) is 81.6 cm³/mol. The van der Waals surface area contributed by atoms with Crippen LogP contribution in [0.15, 0.2) is 24.3 Å². The number of benzene rings is 1. The van der Waals surface area contributed by atoms with Crippen molar-refractivity contribution in [3.05, 3.63) is 29.8 Å². The van der Waals surface area contributed by atoms with E-state index in [4.69, 9.17) is 0 Å². The van der Waals surface area contributed by atoms with E-state index >= 15 is 0 Å². The van der Waals surface area contributed by atoms with Crippen molar-refractivity contribution in [2.24, 2.45) is 0 Å². The molecule has 0 spiro atoms. The van der Waals surface area contributed by atoms with Gasteiger partial charge >= 0.3 is 0 Å². The Morgan fingerprint density at radius 2 is 2.10 bits per heavy atom. The van der Waals surface area contributed by atoms with Gasteiger partial charge in [0.1, 0.15) is 0 Å². The molecule has 5 nitrogen and oxygen atoms in total. The lowest BCUT2D eigenvalue weighted by molar-refractivity contribution is -0.117. The second-order valence-corrected chi connectivity index (χ2v) is 4.91. The highest BCUT2D eigenvalue weighted by molar-refractivity contribution is 5.97. The number of hydrogen-bond acceptors (Lipinski definition) is 4. The van der Waals surface area contributed by atoms with Gasteiger partial charge in [0.15, 0.2) is 5.78 Å². The van der Waals surface area contributed by atoms with Crippen molar-refractivity contribution in [2.45, 2.75) is 13.0 Å². The van der Waals surface area contributed by atoms with E-state index < -0.39 is 0 Å². The molecule has 0 aromatic heterocycles. The molecule has 1 amide bonds. The van der Waals surface area contributed by atoms with Crippen LogP contribution in [0, 0.1) is 0 Å². The number of hydrogen-bond donors (Lipinski definition) is 2. The summed E-state index contributed by atoms with van der Waals surface area (Å²) in [7, 11) is 1.94. The third kappa shape index (κ3) is 4.30. The van der Waals surface area contributed by atoms with Crippen LogP contribution in [-0.4, -0.2) is 49.3 Å². The van der Waals surface area contributed by atoms with Crippen LogP contribution in [0.4, 0.5) is 5.69 Å². The van der Waals surface area contributed by atoms with Crippen LogP contribution >= 0.6 is 12.4 Å². The van der Waals surface area contributed by atoms with Crippen LogP contribution in [0.5, 0.6) is 0 Å². The first-order valence-corrected chi connectivity index (χ1v) is 6.38. The minimum Gasteiger partial charge on any atom is -0.325 e. The van der Waals surface area contributed by atoms with Gasteiger partial charge in [0.25, 0.3) is 0 Å². The fourth-order valence-corrected chi connectivity index (χ4v) is 1.96. The molecule has 0 aliphatic carbocycles. The van der Waals surface area contributed by atoms with Crippen LogP contribution in [0.25, 0.3) is 0 Å². The van der Waals surface area contributed by atoms with Crippen molar-refractivity contribution < 1.29 is 9.59 Å². The minimum absolute atomic E-state index is 0. The molecular formula is C14H20ClN3O2. The van der Waals surface area contributed by atoms with Crippen LogP contribution in [-0.2, 0) is 4.79 Å². The van der Waals surface area contributed by atoms with Gasteiger partial charge in [0, 0.05) is 30.4 Å². The first kappa shape index (κ1) is 16.6. The van der Waals surface area contributed by atoms with E-state index in [-0.39, 0.29) is 24.1 Å². The Balaban J connectivity index is 0.00000200. The smallest absolute Gasteiger partial charge is 0.238 e. The lowest BCUT2D eigenvalue weighted by atomic mass is 10.1. The maximum Gasteiger partial charge on any atom is 0.238 e. The van der Waals surface area contributed by atoms with Gasteiger partial charge in [-0.1, -0.05) is 12.1 Å². The van der Waals surface area contributed by atoms with Crippen LogP contribution in [0.2, 0.25) is 0 Å². The Kier molecular flexibility index (Phi) is 6.13. The molecule has 0 radical (unpaired) electrons. The largest absolute Gasteiger partial charge is 0.325 e. The molecule has 1 saturated heterocycles. The van der Waals surface area contributed by atoms with Gasteiger partial charge in [-0.25, -0.2) is 0 Å². The van der Waals surface area contributed by atoms with Crippen LogP contribution in [0.3, 0.4) is 0 Å². The maximum atomic E-state index is 11.9. The minimum atomic E-state index is -0.0601. The standard InChI is InChI=1S/C14H19N3O2.ClH/c1-10(18)11-4-3-5-12(6-11)16-14(19)9-17(2)13-7-15-8-13;/h3-6,13,15H,7-9H2,1-2H3,(H,16,19);1H. The molecular weight excluding hydrogens is 278 g/mol. The number of halogens is 1. The number of carbonyl (C=O) groups is 2. The molecule has 0 unspecified atom stereocenters. The van der Waals surface area contributed by atoms with Crippen molar-refractivity contribution in [2.75, 3.05) is 32.0 Å². The summed E-state index contributed by atoms with van der Waals surface area (Å²) in [5.74, 6) is -0.0659. The fourth-order valence-electron chi connectivity index (χ4n) is 1.96. The van der Waals surface area contributed by atoms with E-state index in [0.29, 0.717) is 23.8 Å². The maximum absolute atomic E-state index is 11.9. The molecule has 20 heavy (non-hydrogen) atoms. The van der Waals surface area contributed by atoms with Gasteiger partial charge in [-0.15, -0.1) is 12.4 Å². The molecule has 110 valence electrons. The molecule has 0 bridgehead atoms. The Morgan fingerprint density at radius 1 is 1.40 bits per heavy atom. The highest BCUT2D eigenvalue weighted by Gasteiger charge is 2.22. The number of likely N-dealkylation sites (N-methyl/N-ethyl adjacent to an activating group) is 1. The van der Waals surface area contributed by atoms with E-state index in [0.717, 1.165) is 13.1 Å². The van der Waals surface area contributed by atoms with Gasteiger partial charge < -0.3 is 10.6 Å². The molecule has 2 rings (SSSR count). The Labute approximate surface area is 125 Å². The molecule has 1 heterocycles. The average molecular weight is 298 g/mol. The molecule has 2 N–H and O–H groups in total. The number of nitrogens with one attached hydrogen (secondary N) is 2. The summed E-state index contributed by atoms with van der Waals surface area (Å²) >= 11 is 0. The van der Waals surface area contributed by atoms with E-state index in [1.54, 1.807) is 24.3 Å². The Bertz CT molecular complexity index is 489. The summed E-state index contributed by atoms with van der Waals surface area (Å²) in [6.07, 6.45) is 0. The number of amides is 1. The van der Waals surface area contributed by atoms with Crippen molar-refractivity contribution in [1.82, 2.24) is 10.2 Å². The summed E-state index contributed by atoms with van der Waals surface area (Å²) in [5.41, 5.74) is 1.27. The van der Waals surface area contributed by atoms with Crippen LogP contribution < -0.4 is 10.6 Å². The molecule has 0 atom stereocenters. The number of carbonyl (C=O) groups excluding carboxylic acids is 2. The zero-order valence-electron chi connectivity index (χ0n) is 11.7. The molecule has 1 aliphatic rings. The summed E-state index contributed by atoms with van der Waals surface area (Å²) in [4.78, 5) is 25.2. The van der Waals surface area contributed by atoms with Gasteiger partial charge in [-0.05, 0) is 26.1 Å². The second-order valence-electron chi connectivity index (χ2n) is 4.91. The number of anilines is 1. The number of ketones is 1. The van der Waals surface area contributed by atoms with E-state index in [9.17, 15) is 9.59 Å². The predicted octanol–water partition coefficient (Wildman–Crippen LogP) is 1.15. The fraction of sp³-hybridized carbons (Fsp3) is 0.429. The quantitative estimate of drug-likeness (QED) is 0.801. The average Bonchev–Trinajstić information content (AvgIpc) is 2.26. The second kappa shape index (κ2) is 7.38. The summed E-state index contributed by atoms with van der Waals surface area (Å²) < 4.78 is 0. The van der Waals surface area contributed by atoms with E-state index in [2.05, 4.69) is 10.6 Å². The van der Waals surface area contributed by atoms with Gasteiger partial charge in [-0.2, -0.15) is 0 Å². The normalized spacial score (nSPS) is 14.3. The zero-order valence-corrected chi connectivity index (χ0v) is 12.5. The Morgan fingerprint density at radius 3 is 2.65 bits per heavy atom. The van der Waals surface area contributed by atoms with Crippen molar-refractivity contribution >= 4 is 29.8 Å². The van der Waals surface area contributed by atoms with E-state index in [1.165, 1.54) is 6.92 Å². The molecule has 1 aliphatic heterocycles. The monoisotopic (exact) mass is 297 g/mol. The highest BCUT2D eigenvalue weighted by atomic mass is 35.5. The van der Waals surface area contributed by atoms with Crippen molar-refractivity contribution in [1.29, 1.82) is 0 Å². The number of rotatable bonds is 5. The van der Waals surface area contributed by atoms with Crippen molar-refractivity contribution in [3.63, 3.8) is 0 Å².